The smallest absolute Gasteiger partial charge is 0.328 e. The second-order valence-corrected chi connectivity index (χ2v) is 11.9. The summed E-state index contributed by atoms with van der Waals surface area (Å²) in [5.41, 5.74) is 1.99. The summed E-state index contributed by atoms with van der Waals surface area (Å²) in [7, 11) is 2.19. The standard InChI is InChI=1S/C23H30N4OS.3C4H4O4/c1-25-15-17-26(18-16-25)14-6-12-24-13-11-23(28)27-19-7-2-4-9-21(19)29-22-10-5-3-8-20(22)27;3*5-3(6)1-2-4(7)8/h2-5,7-10,24H,6,11-18H2,1H3;3*1-2H,(H,5,6)(H,7,8)/b;3*2-1-. The Morgan fingerprint density at radius 1 is 0.604 bits per heavy atom. The van der Waals surface area contributed by atoms with E-state index in [1.165, 1.54) is 26.2 Å². The molecule has 0 bridgehead atoms. The molecule has 0 aromatic heterocycles. The Morgan fingerprint density at radius 2 is 0.981 bits per heavy atom. The van der Waals surface area contributed by atoms with Gasteiger partial charge in [-0.05, 0) is 50.8 Å². The van der Waals surface area contributed by atoms with Crippen LogP contribution >= 0.6 is 11.8 Å². The van der Waals surface area contributed by atoms with Gasteiger partial charge in [0.2, 0.25) is 5.91 Å². The molecule has 0 unspecified atom stereocenters. The highest BCUT2D eigenvalue weighted by atomic mass is 32.2. The highest BCUT2D eigenvalue weighted by Gasteiger charge is 2.27. The highest BCUT2D eigenvalue weighted by Crippen LogP contribution is 2.48. The Labute approximate surface area is 309 Å². The van der Waals surface area contributed by atoms with E-state index in [4.69, 9.17) is 30.6 Å². The van der Waals surface area contributed by atoms with Crippen molar-refractivity contribution in [3.63, 3.8) is 0 Å². The van der Waals surface area contributed by atoms with E-state index in [0.717, 1.165) is 47.2 Å². The highest BCUT2D eigenvalue weighted by molar-refractivity contribution is 7.99. The molecule has 2 aromatic rings. The van der Waals surface area contributed by atoms with Crippen LogP contribution in [-0.4, -0.2) is 135 Å². The van der Waals surface area contributed by atoms with Crippen molar-refractivity contribution < 1.29 is 64.2 Å². The maximum Gasteiger partial charge on any atom is 0.328 e. The van der Waals surface area contributed by atoms with E-state index < -0.39 is 35.8 Å². The number of amides is 1. The summed E-state index contributed by atoms with van der Waals surface area (Å²) in [5, 5.41) is 50.3. The van der Waals surface area contributed by atoms with Crippen molar-refractivity contribution in [2.75, 3.05) is 57.8 Å². The summed E-state index contributed by atoms with van der Waals surface area (Å²) in [6.45, 7) is 7.48. The molecule has 53 heavy (non-hydrogen) atoms. The number of hydrogen-bond donors (Lipinski definition) is 7. The number of aliphatic carboxylic acids is 6. The Balaban J connectivity index is 0.000000477. The number of piperazine rings is 1. The number of anilines is 2. The lowest BCUT2D eigenvalue weighted by Gasteiger charge is -2.32. The molecule has 0 spiro atoms. The first-order valence-electron chi connectivity index (χ1n) is 15.8. The van der Waals surface area contributed by atoms with Crippen LogP contribution in [0.15, 0.2) is 94.8 Å². The van der Waals surface area contributed by atoms with E-state index in [0.29, 0.717) is 42.9 Å². The van der Waals surface area contributed by atoms with Crippen molar-refractivity contribution in [3.05, 3.63) is 85.0 Å². The molecule has 1 fully saturated rings. The Morgan fingerprint density at radius 3 is 1.36 bits per heavy atom. The number of nitrogens with one attached hydrogen (secondary N) is 1. The number of carbonyl (C=O) groups is 7. The quantitative estimate of drug-likeness (QED) is 0.114. The zero-order chi connectivity index (χ0) is 39.8. The number of benzene rings is 2. The second-order valence-electron chi connectivity index (χ2n) is 10.8. The summed E-state index contributed by atoms with van der Waals surface area (Å²) in [6, 6.07) is 16.3. The van der Waals surface area contributed by atoms with E-state index in [1.54, 1.807) is 11.8 Å². The molecule has 0 aliphatic carbocycles. The number of carbonyl (C=O) groups excluding carboxylic acids is 1. The maximum absolute atomic E-state index is 13.1. The van der Waals surface area contributed by atoms with Crippen LogP contribution in [0.5, 0.6) is 0 Å². The van der Waals surface area contributed by atoms with Crippen LogP contribution in [0.3, 0.4) is 0 Å². The first kappa shape index (κ1) is 45.2. The zero-order valence-electron chi connectivity index (χ0n) is 28.7. The molecule has 1 amide bonds. The number of nitrogens with zero attached hydrogens (tertiary/aromatic N) is 3. The van der Waals surface area contributed by atoms with E-state index in [1.807, 2.05) is 41.3 Å². The average molecular weight is 759 g/mol. The van der Waals surface area contributed by atoms with Crippen molar-refractivity contribution in [1.82, 2.24) is 15.1 Å². The zero-order valence-corrected chi connectivity index (χ0v) is 29.6. The topological polar surface area (TPSA) is 263 Å². The lowest BCUT2D eigenvalue weighted by Crippen LogP contribution is -2.45. The van der Waals surface area contributed by atoms with Gasteiger partial charge < -0.3 is 45.8 Å². The number of carboxylic acid groups (broad SMARTS) is 6. The fourth-order valence-electron chi connectivity index (χ4n) is 4.33. The van der Waals surface area contributed by atoms with E-state index in [-0.39, 0.29) is 5.91 Å². The molecule has 0 radical (unpaired) electrons. The van der Waals surface area contributed by atoms with Crippen molar-refractivity contribution in [2.24, 2.45) is 0 Å². The van der Waals surface area contributed by atoms with Gasteiger partial charge in [-0.3, -0.25) is 9.69 Å². The number of likely N-dealkylation sites (N-methyl/N-ethyl adjacent to an activating group) is 1. The molecule has 0 saturated carbocycles. The molecule has 2 aliphatic heterocycles. The molecule has 2 heterocycles. The molecular formula is C35H42N4O13S. The third kappa shape index (κ3) is 20.6. The molecule has 0 atom stereocenters. The van der Waals surface area contributed by atoms with Gasteiger partial charge in [-0.25, -0.2) is 28.8 Å². The van der Waals surface area contributed by atoms with Crippen LogP contribution < -0.4 is 10.2 Å². The summed E-state index contributed by atoms with van der Waals surface area (Å²) < 4.78 is 0. The van der Waals surface area contributed by atoms with Gasteiger partial charge in [0, 0.05) is 85.4 Å². The maximum atomic E-state index is 13.1. The van der Waals surface area contributed by atoms with Crippen LogP contribution in [-0.2, 0) is 33.6 Å². The van der Waals surface area contributed by atoms with Crippen LogP contribution in [0.1, 0.15) is 12.8 Å². The molecule has 286 valence electrons. The lowest BCUT2D eigenvalue weighted by molar-refractivity contribution is -0.134. The molecule has 18 heteroatoms. The van der Waals surface area contributed by atoms with Crippen molar-refractivity contribution >= 4 is 64.9 Å². The van der Waals surface area contributed by atoms with Crippen LogP contribution in [0.2, 0.25) is 0 Å². The van der Waals surface area contributed by atoms with Crippen LogP contribution in [0.4, 0.5) is 11.4 Å². The molecule has 17 nitrogen and oxygen atoms in total. The number of para-hydroxylation sites is 2. The van der Waals surface area contributed by atoms with Gasteiger partial charge in [0.1, 0.15) is 0 Å². The number of rotatable bonds is 13. The Bertz CT molecular complexity index is 1480. The van der Waals surface area contributed by atoms with Gasteiger partial charge >= 0.3 is 35.8 Å². The summed E-state index contributed by atoms with van der Waals surface area (Å²) >= 11 is 1.74. The minimum atomic E-state index is -1.26. The Kier molecular flexibility index (Phi) is 21.5. The Hall–Kier alpha value is -5.82. The minimum Gasteiger partial charge on any atom is -0.478 e. The SMILES string of the molecule is CN1CCN(CCCNCCC(=O)N2c3ccccc3Sc3ccccc32)CC1.O=C(O)/C=C\C(=O)O.O=C(O)/C=C\C(=O)O.O=C(O)/C=C\C(=O)O. The van der Waals surface area contributed by atoms with Crippen molar-refractivity contribution in [2.45, 2.75) is 22.6 Å². The predicted molar refractivity (Wildman–Crippen MR) is 193 cm³/mol. The summed E-state index contributed by atoms with van der Waals surface area (Å²) in [5.74, 6) is -7.39. The first-order chi connectivity index (χ1) is 25.1. The van der Waals surface area contributed by atoms with Gasteiger partial charge in [0.15, 0.2) is 0 Å². The molecular weight excluding hydrogens is 716 g/mol. The predicted octanol–water partition coefficient (Wildman–Crippen LogP) is 2.57. The van der Waals surface area contributed by atoms with Gasteiger partial charge in [-0.2, -0.15) is 0 Å². The third-order valence-electron chi connectivity index (χ3n) is 6.73. The number of fused-ring (bicyclic) bond motifs is 2. The van der Waals surface area contributed by atoms with Gasteiger partial charge in [-0.15, -0.1) is 0 Å². The fraction of sp³-hybridized carbons (Fsp3) is 0.286. The van der Waals surface area contributed by atoms with Crippen LogP contribution in [0, 0.1) is 0 Å². The van der Waals surface area contributed by atoms with Gasteiger partial charge in [0.25, 0.3) is 0 Å². The van der Waals surface area contributed by atoms with Gasteiger partial charge in [0.05, 0.1) is 11.4 Å². The molecule has 1 saturated heterocycles. The van der Waals surface area contributed by atoms with E-state index in [9.17, 15) is 33.6 Å². The first-order valence-corrected chi connectivity index (χ1v) is 16.6. The molecule has 2 aliphatic rings. The molecule has 4 rings (SSSR count). The third-order valence-corrected chi connectivity index (χ3v) is 7.86. The fourth-order valence-corrected chi connectivity index (χ4v) is 5.39. The lowest BCUT2D eigenvalue weighted by atomic mass is 10.2. The molecule has 7 N–H and O–H groups in total. The van der Waals surface area contributed by atoms with Crippen molar-refractivity contribution in [3.8, 4) is 0 Å². The minimum absolute atomic E-state index is 0.150. The van der Waals surface area contributed by atoms with Crippen LogP contribution in [0.25, 0.3) is 0 Å². The normalized spacial score (nSPS) is 13.6. The number of carboxylic acids is 6. The van der Waals surface area contributed by atoms with Crippen molar-refractivity contribution in [1.29, 1.82) is 0 Å². The largest absolute Gasteiger partial charge is 0.478 e. The van der Waals surface area contributed by atoms with E-state index >= 15 is 0 Å². The second kappa shape index (κ2) is 25.2. The summed E-state index contributed by atoms with van der Waals surface area (Å²) in [6.07, 6.45) is 4.98. The van der Waals surface area contributed by atoms with Gasteiger partial charge in [-0.1, -0.05) is 36.0 Å². The monoisotopic (exact) mass is 758 g/mol. The molecule has 2 aromatic carbocycles. The number of hydrogen-bond acceptors (Lipinski definition) is 11. The summed E-state index contributed by atoms with van der Waals surface area (Å²) in [4.78, 5) is 79.5. The average Bonchev–Trinajstić information content (AvgIpc) is 3.11. The van der Waals surface area contributed by atoms with E-state index in [2.05, 4.69) is 34.3 Å².